The van der Waals surface area contributed by atoms with Crippen molar-refractivity contribution in [2.75, 3.05) is 24.5 Å². The number of aromatic nitrogens is 1. The minimum Gasteiger partial charge on any atom is -0.384 e. The van der Waals surface area contributed by atoms with E-state index in [0.717, 1.165) is 12.1 Å². The fourth-order valence-electron chi connectivity index (χ4n) is 5.55. The van der Waals surface area contributed by atoms with Gasteiger partial charge in [-0.15, -0.1) is 0 Å². The van der Waals surface area contributed by atoms with Crippen LogP contribution in [0.3, 0.4) is 0 Å². The Bertz CT molecular complexity index is 1440. The van der Waals surface area contributed by atoms with Crippen LogP contribution in [0.2, 0.25) is 0 Å². The first kappa shape index (κ1) is 27.0. The Balaban J connectivity index is 1.40. The molecule has 0 radical (unpaired) electrons. The number of halogens is 4. The van der Waals surface area contributed by atoms with E-state index >= 15 is 4.39 Å². The third kappa shape index (κ3) is 4.96. The molecule has 2 saturated heterocycles. The predicted octanol–water partition coefficient (Wildman–Crippen LogP) is 4.96. The molecule has 3 heterocycles. The van der Waals surface area contributed by atoms with Crippen LogP contribution in [0, 0.1) is 11.2 Å². The molecule has 2 aliphatic heterocycles. The lowest BCUT2D eigenvalue weighted by Crippen LogP contribution is -2.55. The first-order valence-corrected chi connectivity index (χ1v) is 12.6. The summed E-state index contributed by atoms with van der Waals surface area (Å²) in [6, 6.07) is 9.05. The van der Waals surface area contributed by atoms with Crippen molar-refractivity contribution in [2.24, 2.45) is 5.41 Å². The van der Waals surface area contributed by atoms with Crippen molar-refractivity contribution >= 4 is 28.5 Å². The molecule has 2 aromatic carbocycles. The van der Waals surface area contributed by atoms with Gasteiger partial charge in [-0.3, -0.25) is 24.9 Å². The van der Waals surface area contributed by atoms with Gasteiger partial charge in [-0.05, 0) is 36.2 Å². The fraction of sp³-hybridized carbons (Fsp3) is 0.393. The van der Waals surface area contributed by atoms with Crippen molar-refractivity contribution in [3.05, 3.63) is 71.2 Å². The zero-order valence-electron chi connectivity index (χ0n) is 21.5. The first-order chi connectivity index (χ1) is 18.3. The van der Waals surface area contributed by atoms with Crippen LogP contribution >= 0.6 is 0 Å². The van der Waals surface area contributed by atoms with Crippen molar-refractivity contribution in [3.63, 3.8) is 0 Å². The van der Waals surface area contributed by atoms with E-state index in [9.17, 15) is 27.9 Å². The molecule has 3 aromatic rings. The number of benzene rings is 2. The highest BCUT2D eigenvalue weighted by molar-refractivity contribution is 6.06. The second kappa shape index (κ2) is 9.56. The van der Waals surface area contributed by atoms with E-state index in [1.165, 1.54) is 35.4 Å². The average Bonchev–Trinajstić information content (AvgIpc) is 2.86. The van der Waals surface area contributed by atoms with E-state index in [4.69, 9.17) is 0 Å². The van der Waals surface area contributed by atoms with Gasteiger partial charge >= 0.3 is 12.2 Å². The summed E-state index contributed by atoms with van der Waals surface area (Å²) in [7, 11) is 0. The highest BCUT2D eigenvalue weighted by atomic mass is 19.4. The largest absolute Gasteiger partial charge is 0.416 e. The van der Waals surface area contributed by atoms with E-state index < -0.39 is 34.6 Å². The van der Waals surface area contributed by atoms with Gasteiger partial charge in [-0.2, -0.15) is 13.2 Å². The molecular formula is C28H28F4N4O3. The lowest BCUT2D eigenvalue weighted by atomic mass is 9.66. The number of carbonyl (C=O) groups is 2. The molecule has 3 amide bonds. The Hall–Kier alpha value is -3.57. The number of hydrogen-bond acceptors (Lipinski definition) is 5. The summed E-state index contributed by atoms with van der Waals surface area (Å²) in [5, 5.41) is 14.3. The minimum atomic E-state index is -4.40. The second-order valence-corrected chi connectivity index (χ2v) is 10.8. The third-order valence-corrected chi connectivity index (χ3v) is 7.81. The van der Waals surface area contributed by atoms with Crippen molar-refractivity contribution < 1.29 is 32.3 Å². The predicted molar refractivity (Wildman–Crippen MR) is 136 cm³/mol. The van der Waals surface area contributed by atoms with Crippen molar-refractivity contribution in [1.82, 2.24) is 15.2 Å². The van der Waals surface area contributed by atoms with Crippen molar-refractivity contribution in [2.45, 2.75) is 45.0 Å². The molecule has 11 heteroatoms. The van der Waals surface area contributed by atoms with Gasteiger partial charge in [0, 0.05) is 49.0 Å². The number of piperidine rings is 1. The molecule has 2 N–H and O–H groups in total. The lowest BCUT2D eigenvalue weighted by Gasteiger charge is -2.50. The maximum Gasteiger partial charge on any atom is 0.416 e. The van der Waals surface area contributed by atoms with Gasteiger partial charge in [-0.25, -0.2) is 9.18 Å². The molecule has 39 heavy (non-hydrogen) atoms. The maximum atomic E-state index is 16.0. The summed E-state index contributed by atoms with van der Waals surface area (Å²) in [4.78, 5) is 31.4. The summed E-state index contributed by atoms with van der Waals surface area (Å²) in [6.07, 6.45) is -2.65. The molecule has 5 rings (SSSR count). The summed E-state index contributed by atoms with van der Waals surface area (Å²) in [5.74, 6) is -1.02. The molecule has 7 nitrogen and oxygen atoms in total. The van der Waals surface area contributed by atoms with E-state index in [-0.39, 0.29) is 36.2 Å². The van der Waals surface area contributed by atoms with Crippen LogP contribution in [0.1, 0.15) is 43.4 Å². The number of anilines is 1. The Labute approximate surface area is 222 Å². The Morgan fingerprint density at radius 3 is 2.44 bits per heavy atom. The van der Waals surface area contributed by atoms with Crippen LogP contribution in [0.15, 0.2) is 48.7 Å². The number of carbonyl (C=O) groups excluding carboxylic acids is 2. The monoisotopic (exact) mass is 544 g/mol. The van der Waals surface area contributed by atoms with E-state index in [1.54, 1.807) is 6.07 Å². The van der Waals surface area contributed by atoms with Gasteiger partial charge in [0.15, 0.2) is 0 Å². The van der Waals surface area contributed by atoms with Crippen LogP contribution in [0.5, 0.6) is 0 Å². The summed E-state index contributed by atoms with van der Waals surface area (Å²) in [6.45, 7) is 4.98. The molecule has 0 bridgehead atoms. The van der Waals surface area contributed by atoms with E-state index in [2.05, 4.69) is 10.3 Å². The third-order valence-electron chi connectivity index (χ3n) is 7.81. The molecule has 1 aromatic heterocycles. The zero-order valence-corrected chi connectivity index (χ0v) is 21.5. The molecular weight excluding hydrogens is 516 g/mol. The van der Waals surface area contributed by atoms with Gasteiger partial charge in [-0.1, -0.05) is 32.0 Å². The molecule has 2 fully saturated rings. The molecule has 0 saturated carbocycles. The maximum absolute atomic E-state index is 16.0. The number of pyridine rings is 1. The minimum absolute atomic E-state index is 0.114. The van der Waals surface area contributed by atoms with Crippen LogP contribution < -0.4 is 10.2 Å². The Morgan fingerprint density at radius 1 is 1.08 bits per heavy atom. The molecule has 0 unspecified atom stereocenters. The van der Waals surface area contributed by atoms with Crippen molar-refractivity contribution in [1.29, 1.82) is 0 Å². The van der Waals surface area contributed by atoms with Crippen molar-refractivity contribution in [3.8, 4) is 0 Å². The highest BCUT2D eigenvalue weighted by Crippen LogP contribution is 2.48. The lowest BCUT2D eigenvalue weighted by molar-refractivity contribution is -0.137. The Morgan fingerprint density at radius 2 is 1.79 bits per heavy atom. The highest BCUT2D eigenvalue weighted by Gasteiger charge is 2.50. The van der Waals surface area contributed by atoms with E-state index in [0.29, 0.717) is 36.4 Å². The topological polar surface area (TPSA) is 85.8 Å². The number of aliphatic hydroxyl groups is 1. The molecule has 0 aliphatic carbocycles. The molecule has 1 atom stereocenters. The Kier molecular flexibility index (Phi) is 6.62. The number of nitrogens with zero attached hydrogens (tertiary/aromatic N) is 3. The number of fused-ring (bicyclic) bond motifs is 1. The molecule has 0 spiro atoms. The number of imide groups is 1. The van der Waals surface area contributed by atoms with Gasteiger partial charge in [0.1, 0.15) is 5.82 Å². The number of urea groups is 1. The fourth-order valence-corrected chi connectivity index (χ4v) is 5.55. The van der Waals surface area contributed by atoms with Gasteiger partial charge in [0.25, 0.3) is 0 Å². The standard InChI is InChI=1S/C28H28F4N4O3/c1-26(2)16-35(15-17-3-5-18(6-4-17)28(30,31)32)12-10-27(26,39)21-7-8-22-20(24(21)29)13-19(14-33-22)36-11-9-23(37)34-25(36)38/h3-8,13-14,39H,9-12,15-16H2,1-2H3,(H,34,37,38)/t27-/m1/s1. The smallest absolute Gasteiger partial charge is 0.384 e. The van der Waals surface area contributed by atoms with Gasteiger partial charge in [0.05, 0.1) is 28.6 Å². The first-order valence-electron chi connectivity index (χ1n) is 12.6. The van der Waals surface area contributed by atoms with Crippen LogP contribution in [-0.2, 0) is 23.1 Å². The summed E-state index contributed by atoms with van der Waals surface area (Å²) < 4.78 is 54.7. The molecule has 206 valence electrons. The number of hydrogen-bond donors (Lipinski definition) is 2. The van der Waals surface area contributed by atoms with Crippen LogP contribution in [0.25, 0.3) is 10.9 Å². The summed E-state index contributed by atoms with van der Waals surface area (Å²) >= 11 is 0. The number of alkyl halides is 3. The summed E-state index contributed by atoms with van der Waals surface area (Å²) in [5.41, 5.74) is -1.54. The van der Waals surface area contributed by atoms with Crippen LogP contribution in [-0.4, -0.2) is 46.6 Å². The molecule has 2 aliphatic rings. The number of rotatable bonds is 4. The average molecular weight is 545 g/mol. The number of likely N-dealkylation sites (tertiary alicyclic amines) is 1. The normalized spacial score (nSPS) is 22.3. The zero-order chi connectivity index (χ0) is 28.2. The SMILES string of the molecule is CC1(C)CN(Cc2ccc(C(F)(F)F)cc2)CC[C@@]1(O)c1ccc2ncc(N3CCC(=O)NC3=O)cc2c1F. The van der Waals surface area contributed by atoms with Gasteiger partial charge in [0.2, 0.25) is 5.91 Å². The number of amides is 3. The number of nitrogens with one attached hydrogen (secondary N) is 1. The van der Waals surface area contributed by atoms with Crippen LogP contribution in [0.4, 0.5) is 28.0 Å². The second-order valence-electron chi connectivity index (χ2n) is 10.8. The van der Waals surface area contributed by atoms with Gasteiger partial charge < -0.3 is 5.11 Å². The van der Waals surface area contributed by atoms with E-state index in [1.807, 2.05) is 18.7 Å². The quantitative estimate of drug-likeness (QED) is 0.454.